The van der Waals surface area contributed by atoms with Gasteiger partial charge >= 0.3 is 0 Å². The average Bonchev–Trinajstić information content (AvgIpc) is 2.78. The summed E-state index contributed by atoms with van der Waals surface area (Å²) < 4.78 is 16.0. The van der Waals surface area contributed by atoms with Crippen molar-refractivity contribution in [3.63, 3.8) is 0 Å². The lowest BCUT2D eigenvalue weighted by atomic mass is 10.2. The van der Waals surface area contributed by atoms with Crippen LogP contribution in [0.2, 0.25) is 0 Å². The molecule has 3 aromatic rings. The Bertz CT molecular complexity index is 1020. The van der Waals surface area contributed by atoms with Crippen molar-refractivity contribution in [2.75, 3.05) is 31.5 Å². The number of rotatable bonds is 8. The number of carbonyl (C=O) groups is 2. The molecule has 0 bridgehead atoms. The molecule has 3 aromatic carbocycles. The topological polar surface area (TPSA) is 85.9 Å². The lowest BCUT2D eigenvalue weighted by Gasteiger charge is -2.13. The van der Waals surface area contributed by atoms with Crippen LogP contribution in [0.25, 0.3) is 0 Å². The number of carbonyl (C=O) groups excluding carboxylic acids is 2. The van der Waals surface area contributed by atoms with Gasteiger partial charge in [-0.3, -0.25) is 9.59 Å². The van der Waals surface area contributed by atoms with Gasteiger partial charge in [-0.25, -0.2) is 0 Å². The summed E-state index contributed by atoms with van der Waals surface area (Å²) >= 11 is 0. The predicted octanol–water partition coefficient (Wildman–Crippen LogP) is 3.97. The van der Waals surface area contributed by atoms with Gasteiger partial charge in [-0.15, -0.1) is 0 Å². The number of ether oxygens (including phenoxy) is 3. The molecule has 2 amide bonds. The third-order valence-corrected chi connectivity index (χ3v) is 4.20. The Morgan fingerprint density at radius 2 is 1.53 bits per heavy atom. The predicted molar refractivity (Wildman–Crippen MR) is 115 cm³/mol. The minimum absolute atomic E-state index is 0.273. The molecule has 3 rings (SSSR count). The Kier molecular flexibility index (Phi) is 6.89. The molecule has 0 heterocycles. The van der Waals surface area contributed by atoms with Crippen LogP contribution in [0.3, 0.4) is 0 Å². The molecule has 154 valence electrons. The molecule has 30 heavy (non-hydrogen) atoms. The molecular weight excluding hydrogens is 384 g/mol. The normalized spacial score (nSPS) is 10.1. The number of hydrogen-bond donors (Lipinski definition) is 2. The highest BCUT2D eigenvalue weighted by molar-refractivity contribution is 6.06. The van der Waals surface area contributed by atoms with E-state index in [1.807, 2.05) is 18.2 Å². The van der Waals surface area contributed by atoms with Gasteiger partial charge in [-0.2, -0.15) is 0 Å². The van der Waals surface area contributed by atoms with Crippen molar-refractivity contribution in [2.24, 2.45) is 0 Å². The third kappa shape index (κ3) is 5.29. The fraction of sp³-hybridized carbons (Fsp3) is 0.130. The fourth-order valence-electron chi connectivity index (χ4n) is 2.73. The van der Waals surface area contributed by atoms with E-state index >= 15 is 0 Å². The molecule has 0 atom stereocenters. The minimum Gasteiger partial charge on any atom is -0.497 e. The number of benzene rings is 3. The van der Waals surface area contributed by atoms with Crippen molar-refractivity contribution < 1.29 is 23.8 Å². The maximum Gasteiger partial charge on any atom is 0.262 e. The largest absolute Gasteiger partial charge is 0.497 e. The summed E-state index contributed by atoms with van der Waals surface area (Å²) in [6.45, 7) is -0.273. The number of para-hydroxylation sites is 2. The molecule has 0 spiro atoms. The zero-order chi connectivity index (χ0) is 21.3. The Hall–Kier alpha value is -4.00. The van der Waals surface area contributed by atoms with Crippen molar-refractivity contribution >= 4 is 23.2 Å². The number of nitrogens with one attached hydrogen (secondary N) is 2. The van der Waals surface area contributed by atoms with Gasteiger partial charge in [0, 0.05) is 11.8 Å². The van der Waals surface area contributed by atoms with Crippen molar-refractivity contribution in [2.45, 2.75) is 0 Å². The number of methoxy groups -OCH3 is 2. The Labute approximate surface area is 174 Å². The second-order valence-corrected chi connectivity index (χ2v) is 6.22. The molecule has 2 N–H and O–H groups in total. The van der Waals surface area contributed by atoms with Gasteiger partial charge in [0.2, 0.25) is 0 Å². The van der Waals surface area contributed by atoms with Gasteiger partial charge in [-0.05, 0) is 36.4 Å². The van der Waals surface area contributed by atoms with E-state index in [1.165, 1.54) is 7.11 Å². The van der Waals surface area contributed by atoms with Crippen LogP contribution >= 0.6 is 0 Å². The zero-order valence-corrected chi connectivity index (χ0v) is 16.7. The molecule has 7 nitrogen and oxygen atoms in total. The van der Waals surface area contributed by atoms with Gasteiger partial charge in [0.25, 0.3) is 11.8 Å². The molecule has 0 fully saturated rings. The molecule has 0 radical (unpaired) electrons. The van der Waals surface area contributed by atoms with Crippen molar-refractivity contribution in [3.05, 3.63) is 78.4 Å². The first-order chi connectivity index (χ1) is 14.6. The molecular formula is C23H22N2O5. The Morgan fingerprint density at radius 3 is 2.27 bits per heavy atom. The van der Waals surface area contributed by atoms with E-state index < -0.39 is 5.91 Å². The summed E-state index contributed by atoms with van der Waals surface area (Å²) in [6, 6.07) is 20.9. The second-order valence-electron chi connectivity index (χ2n) is 6.22. The number of hydrogen-bond acceptors (Lipinski definition) is 5. The number of anilines is 2. The monoisotopic (exact) mass is 406 g/mol. The maximum atomic E-state index is 12.6. The number of amides is 2. The lowest BCUT2D eigenvalue weighted by Crippen LogP contribution is -2.22. The molecule has 7 heteroatoms. The van der Waals surface area contributed by atoms with Crippen LogP contribution in [0.15, 0.2) is 72.8 Å². The zero-order valence-electron chi connectivity index (χ0n) is 16.7. The quantitative estimate of drug-likeness (QED) is 0.591. The lowest BCUT2D eigenvalue weighted by molar-refractivity contribution is -0.118. The summed E-state index contributed by atoms with van der Waals surface area (Å²) in [7, 11) is 3.05. The summed E-state index contributed by atoms with van der Waals surface area (Å²) in [5.74, 6) is 0.665. The van der Waals surface area contributed by atoms with Gasteiger partial charge < -0.3 is 24.8 Å². The van der Waals surface area contributed by atoms with Gasteiger partial charge in [0.1, 0.15) is 17.2 Å². The van der Waals surface area contributed by atoms with Gasteiger partial charge in [0.05, 0.1) is 25.5 Å². The average molecular weight is 406 g/mol. The first kappa shape index (κ1) is 20.7. The van der Waals surface area contributed by atoms with Crippen molar-refractivity contribution in [1.29, 1.82) is 0 Å². The molecule has 0 aliphatic rings. The van der Waals surface area contributed by atoms with E-state index in [2.05, 4.69) is 10.6 Å². The molecule has 0 saturated carbocycles. The first-order valence-corrected chi connectivity index (χ1v) is 9.21. The molecule has 0 saturated heterocycles. The Morgan fingerprint density at radius 1 is 0.800 bits per heavy atom. The Balaban J connectivity index is 1.65. The van der Waals surface area contributed by atoms with Gasteiger partial charge in [-0.1, -0.05) is 30.3 Å². The van der Waals surface area contributed by atoms with E-state index in [1.54, 1.807) is 61.7 Å². The summed E-state index contributed by atoms with van der Waals surface area (Å²) in [5, 5.41) is 5.53. The van der Waals surface area contributed by atoms with E-state index in [0.29, 0.717) is 34.2 Å². The molecule has 0 aliphatic carbocycles. The molecule has 0 aliphatic heterocycles. The smallest absolute Gasteiger partial charge is 0.262 e. The highest BCUT2D eigenvalue weighted by Gasteiger charge is 2.15. The van der Waals surface area contributed by atoms with E-state index in [4.69, 9.17) is 14.2 Å². The van der Waals surface area contributed by atoms with Crippen LogP contribution in [0.4, 0.5) is 11.4 Å². The van der Waals surface area contributed by atoms with Crippen LogP contribution in [0, 0.1) is 0 Å². The van der Waals surface area contributed by atoms with Crippen LogP contribution in [-0.4, -0.2) is 32.6 Å². The van der Waals surface area contributed by atoms with E-state index in [-0.39, 0.29) is 12.5 Å². The van der Waals surface area contributed by atoms with E-state index in [0.717, 1.165) is 0 Å². The summed E-state index contributed by atoms with van der Waals surface area (Å²) in [4.78, 5) is 25.0. The SMILES string of the molecule is COc1ccc(NC(=O)COc2ccccc2C(=O)Nc2ccccc2)c(OC)c1. The highest BCUT2D eigenvalue weighted by atomic mass is 16.5. The van der Waals surface area contributed by atoms with Crippen LogP contribution in [-0.2, 0) is 4.79 Å². The van der Waals surface area contributed by atoms with Crippen LogP contribution in [0.5, 0.6) is 17.2 Å². The van der Waals surface area contributed by atoms with Gasteiger partial charge in [0.15, 0.2) is 6.61 Å². The highest BCUT2D eigenvalue weighted by Crippen LogP contribution is 2.29. The van der Waals surface area contributed by atoms with E-state index in [9.17, 15) is 9.59 Å². The maximum absolute atomic E-state index is 12.6. The first-order valence-electron chi connectivity index (χ1n) is 9.21. The standard InChI is InChI=1S/C23H22N2O5/c1-28-17-12-13-19(21(14-17)29-2)25-22(26)15-30-20-11-7-6-10-18(20)23(27)24-16-8-4-3-5-9-16/h3-14H,15H2,1-2H3,(H,24,27)(H,25,26). The van der Waals surface area contributed by atoms with Crippen LogP contribution in [0.1, 0.15) is 10.4 Å². The van der Waals surface area contributed by atoms with Crippen LogP contribution < -0.4 is 24.8 Å². The second kappa shape index (κ2) is 9.97. The molecule has 0 aromatic heterocycles. The fourth-order valence-corrected chi connectivity index (χ4v) is 2.73. The third-order valence-electron chi connectivity index (χ3n) is 4.20. The summed E-state index contributed by atoms with van der Waals surface area (Å²) in [6.07, 6.45) is 0. The molecule has 0 unspecified atom stereocenters. The minimum atomic E-state index is -0.392. The summed E-state index contributed by atoms with van der Waals surface area (Å²) in [5.41, 5.74) is 1.49. The van der Waals surface area contributed by atoms with Crippen molar-refractivity contribution in [3.8, 4) is 17.2 Å². The van der Waals surface area contributed by atoms with Crippen molar-refractivity contribution in [1.82, 2.24) is 0 Å².